The van der Waals surface area contributed by atoms with Gasteiger partial charge in [0.1, 0.15) is 8.64 Å². The Kier molecular flexibility index (Phi) is 13.4. The van der Waals surface area contributed by atoms with Crippen molar-refractivity contribution in [3.8, 4) is 0 Å². The Morgan fingerprint density at radius 3 is 1.34 bits per heavy atom. The third-order valence-corrected chi connectivity index (χ3v) is 10.8. The van der Waals surface area contributed by atoms with E-state index < -0.39 is 0 Å². The van der Waals surface area contributed by atoms with Crippen LogP contribution in [0.5, 0.6) is 0 Å². The lowest BCUT2D eigenvalue weighted by atomic mass is 10.1. The van der Waals surface area contributed by atoms with Gasteiger partial charge in [-0.15, -0.1) is 0 Å². The average molecular weight is 799 g/mol. The molecule has 232 valence electrons. The van der Waals surface area contributed by atoms with Crippen molar-refractivity contribution >= 4 is 123 Å². The number of nitrogens with zero attached hydrogens (tertiary/aromatic N) is 2. The minimum Gasteiger partial charge on any atom is -0.326 e. The SMILES string of the molecule is O=C(CCCCCN1C(=O)C(=C2SC(=S)N(CCCCCC(=O)Nc3ccc(Br)cc3)C2=O)SC1=S)Nc1ccc(Br)cc1. The van der Waals surface area contributed by atoms with E-state index in [1.165, 1.54) is 9.80 Å². The summed E-state index contributed by atoms with van der Waals surface area (Å²) in [6, 6.07) is 14.8. The smallest absolute Gasteiger partial charge is 0.267 e. The molecule has 2 aromatic rings. The van der Waals surface area contributed by atoms with Gasteiger partial charge in [-0.25, -0.2) is 0 Å². The first kappa shape index (κ1) is 34.8. The average Bonchev–Trinajstić information content (AvgIpc) is 3.43. The Hall–Kier alpha value is -2.10. The van der Waals surface area contributed by atoms with Gasteiger partial charge < -0.3 is 10.6 Å². The number of nitrogens with one attached hydrogen (secondary N) is 2. The van der Waals surface area contributed by atoms with E-state index in [2.05, 4.69) is 42.5 Å². The fourth-order valence-electron chi connectivity index (χ4n) is 4.43. The van der Waals surface area contributed by atoms with E-state index in [1.54, 1.807) is 0 Å². The maximum atomic E-state index is 13.2. The van der Waals surface area contributed by atoms with Crippen molar-refractivity contribution < 1.29 is 19.2 Å². The lowest BCUT2D eigenvalue weighted by Gasteiger charge is -2.14. The zero-order chi connectivity index (χ0) is 31.6. The van der Waals surface area contributed by atoms with Gasteiger partial charge >= 0.3 is 0 Å². The van der Waals surface area contributed by atoms with Gasteiger partial charge in [0.2, 0.25) is 11.8 Å². The second-order valence-electron chi connectivity index (χ2n) is 10.0. The molecule has 2 N–H and O–H groups in total. The van der Waals surface area contributed by atoms with Crippen LogP contribution in [-0.2, 0) is 19.2 Å². The summed E-state index contributed by atoms with van der Waals surface area (Å²) in [5, 5.41) is 5.75. The highest BCUT2D eigenvalue weighted by molar-refractivity contribution is 9.10. The molecule has 8 nitrogen and oxygen atoms in total. The van der Waals surface area contributed by atoms with Crippen LogP contribution in [0.3, 0.4) is 0 Å². The Labute approximate surface area is 292 Å². The number of carbonyl (C=O) groups excluding carboxylic acids is 4. The number of hydrogen-bond donors (Lipinski definition) is 2. The number of thiocarbonyl (C=S) groups is 2. The number of anilines is 2. The van der Waals surface area contributed by atoms with Gasteiger partial charge in [-0.2, -0.15) is 0 Å². The molecule has 0 aliphatic carbocycles. The molecule has 2 aliphatic rings. The fraction of sp³-hybridized carbons (Fsp3) is 0.333. The van der Waals surface area contributed by atoms with E-state index in [-0.39, 0.29) is 23.6 Å². The Bertz CT molecular complexity index is 1360. The van der Waals surface area contributed by atoms with Gasteiger partial charge in [0, 0.05) is 46.3 Å². The Morgan fingerprint density at radius 1 is 0.614 bits per heavy atom. The molecule has 0 bridgehead atoms. The minimum atomic E-state index is -0.273. The van der Waals surface area contributed by atoms with E-state index in [0.717, 1.165) is 56.7 Å². The topological polar surface area (TPSA) is 98.8 Å². The van der Waals surface area contributed by atoms with Crippen LogP contribution in [0.2, 0.25) is 0 Å². The summed E-state index contributed by atoms with van der Waals surface area (Å²) < 4.78 is 2.73. The molecule has 2 aromatic carbocycles. The Morgan fingerprint density at radius 2 is 0.977 bits per heavy atom. The fourth-order valence-corrected chi connectivity index (χ4v) is 7.73. The highest BCUT2D eigenvalue weighted by Crippen LogP contribution is 2.42. The van der Waals surface area contributed by atoms with Crippen LogP contribution >= 0.6 is 79.8 Å². The van der Waals surface area contributed by atoms with Crippen LogP contribution in [0.25, 0.3) is 0 Å². The summed E-state index contributed by atoms with van der Waals surface area (Å²) in [5.74, 6) is -0.653. The van der Waals surface area contributed by atoms with Crippen molar-refractivity contribution in [2.45, 2.75) is 51.4 Å². The Balaban J connectivity index is 1.16. The molecule has 0 saturated carbocycles. The van der Waals surface area contributed by atoms with Crippen LogP contribution in [0, 0.1) is 0 Å². The zero-order valence-corrected chi connectivity index (χ0v) is 30.0. The molecule has 0 aromatic heterocycles. The van der Waals surface area contributed by atoms with Crippen molar-refractivity contribution in [3.05, 3.63) is 67.3 Å². The predicted molar refractivity (Wildman–Crippen MR) is 193 cm³/mol. The number of amides is 4. The standard InChI is InChI=1S/C30H30Br2N4O4S4/c31-19-9-13-21(14-10-19)33-23(37)7-3-1-5-17-35-27(39)25(43-29(35)41)26-28(40)36(30(42)44-26)18-6-2-4-8-24(38)34-22-15-11-20(32)12-16-22/h9-16H,1-8,17-18H2,(H,33,37)(H,34,38). The molecule has 2 heterocycles. The molecule has 2 saturated heterocycles. The summed E-state index contributed by atoms with van der Waals surface area (Å²) in [4.78, 5) is 54.5. The van der Waals surface area contributed by atoms with E-state index in [1.807, 2.05) is 48.5 Å². The van der Waals surface area contributed by atoms with E-state index in [4.69, 9.17) is 24.4 Å². The number of thioether (sulfide) groups is 2. The molecule has 44 heavy (non-hydrogen) atoms. The summed E-state index contributed by atoms with van der Waals surface area (Å²) in [7, 11) is 0. The molecule has 4 rings (SSSR count). The highest BCUT2D eigenvalue weighted by Gasteiger charge is 2.41. The zero-order valence-electron chi connectivity index (χ0n) is 23.6. The molecule has 0 radical (unpaired) electrons. The van der Waals surface area contributed by atoms with Crippen molar-refractivity contribution in [2.24, 2.45) is 0 Å². The maximum absolute atomic E-state index is 13.2. The normalized spacial score (nSPS) is 16.7. The van der Waals surface area contributed by atoms with Crippen LogP contribution in [0.4, 0.5) is 11.4 Å². The van der Waals surface area contributed by atoms with Crippen molar-refractivity contribution in [1.82, 2.24) is 9.80 Å². The number of benzene rings is 2. The second-order valence-corrected chi connectivity index (χ2v) is 15.2. The van der Waals surface area contributed by atoms with Gasteiger partial charge in [0.25, 0.3) is 11.8 Å². The molecule has 2 aliphatic heterocycles. The highest BCUT2D eigenvalue weighted by atomic mass is 79.9. The molecular weight excluding hydrogens is 768 g/mol. The van der Waals surface area contributed by atoms with Gasteiger partial charge in [0.15, 0.2) is 0 Å². The summed E-state index contributed by atoms with van der Waals surface area (Å²) in [6.45, 7) is 0.858. The summed E-state index contributed by atoms with van der Waals surface area (Å²) >= 11 is 19.9. The quantitative estimate of drug-likeness (QED) is 0.113. The number of carbonyl (C=O) groups is 4. The van der Waals surface area contributed by atoms with Crippen LogP contribution in [0.1, 0.15) is 51.4 Å². The number of halogens is 2. The monoisotopic (exact) mass is 796 g/mol. The molecular formula is C30H30Br2N4O4S4. The second kappa shape index (κ2) is 17.0. The molecule has 0 atom stereocenters. The van der Waals surface area contributed by atoms with Crippen LogP contribution in [-0.4, -0.2) is 55.2 Å². The van der Waals surface area contributed by atoms with E-state index in [9.17, 15) is 19.2 Å². The van der Waals surface area contributed by atoms with Crippen molar-refractivity contribution in [2.75, 3.05) is 23.7 Å². The van der Waals surface area contributed by atoms with Gasteiger partial charge in [-0.05, 0) is 74.2 Å². The van der Waals surface area contributed by atoms with E-state index in [0.29, 0.717) is 70.1 Å². The first-order chi connectivity index (χ1) is 21.1. The first-order valence-electron chi connectivity index (χ1n) is 14.0. The van der Waals surface area contributed by atoms with E-state index >= 15 is 0 Å². The van der Waals surface area contributed by atoms with Gasteiger partial charge in [-0.1, -0.05) is 92.7 Å². The molecule has 4 amide bonds. The van der Waals surface area contributed by atoms with Crippen LogP contribution in [0.15, 0.2) is 67.3 Å². The maximum Gasteiger partial charge on any atom is 0.267 e. The molecule has 2 fully saturated rings. The molecule has 14 heteroatoms. The third kappa shape index (κ3) is 9.95. The minimum absolute atomic E-state index is 0.0535. The van der Waals surface area contributed by atoms with Crippen molar-refractivity contribution in [3.63, 3.8) is 0 Å². The first-order valence-corrected chi connectivity index (χ1v) is 18.1. The van der Waals surface area contributed by atoms with Crippen molar-refractivity contribution in [1.29, 1.82) is 0 Å². The number of unbranched alkanes of at least 4 members (excludes halogenated alkanes) is 4. The summed E-state index contributed by atoms with van der Waals surface area (Å²) in [6.07, 6.45) is 5.03. The largest absolute Gasteiger partial charge is 0.326 e. The molecule has 0 spiro atoms. The number of rotatable bonds is 14. The van der Waals surface area contributed by atoms with Gasteiger partial charge in [-0.3, -0.25) is 29.0 Å². The molecule has 0 unspecified atom stereocenters. The van der Waals surface area contributed by atoms with Crippen LogP contribution < -0.4 is 10.6 Å². The number of hydrogen-bond acceptors (Lipinski definition) is 8. The lowest BCUT2D eigenvalue weighted by molar-refractivity contribution is -0.124. The predicted octanol–water partition coefficient (Wildman–Crippen LogP) is 7.84. The lowest BCUT2D eigenvalue weighted by Crippen LogP contribution is -2.31. The summed E-state index contributed by atoms with van der Waals surface area (Å²) in [5.41, 5.74) is 1.50. The van der Waals surface area contributed by atoms with Gasteiger partial charge in [0.05, 0.1) is 9.81 Å². The third-order valence-electron chi connectivity index (χ3n) is 6.73.